The fourth-order valence-corrected chi connectivity index (χ4v) is 5.33. The molecule has 0 unspecified atom stereocenters. The molecule has 1 rings (SSSR count). The molecule has 0 heterocycles. The lowest BCUT2D eigenvalue weighted by Gasteiger charge is -2.32. The Balaban J connectivity index is 2.13. The van der Waals surface area contributed by atoms with Crippen LogP contribution in [-0.4, -0.2) is 12.6 Å². The van der Waals surface area contributed by atoms with Crippen LogP contribution in [0.1, 0.15) is 151 Å². The van der Waals surface area contributed by atoms with Crippen LogP contribution in [-0.2, 0) is 9.53 Å². The van der Waals surface area contributed by atoms with Crippen molar-refractivity contribution in [2.45, 2.75) is 151 Å². The molecule has 0 radical (unpaired) electrons. The highest BCUT2D eigenvalue weighted by molar-refractivity contribution is 5.69. The van der Waals surface area contributed by atoms with Gasteiger partial charge in [0.2, 0.25) is 0 Å². The van der Waals surface area contributed by atoms with Crippen molar-refractivity contribution in [2.24, 2.45) is 5.41 Å². The summed E-state index contributed by atoms with van der Waals surface area (Å²) in [5.74, 6) is -0.0720. The monoisotopic (exact) mass is 524 g/mol. The second-order valence-electron chi connectivity index (χ2n) is 12.2. The number of ether oxygens (including phenoxy) is 1. The van der Waals surface area contributed by atoms with Crippen molar-refractivity contribution < 1.29 is 9.53 Å². The summed E-state index contributed by atoms with van der Waals surface area (Å²) in [4.78, 5) is 12.0. The average Bonchev–Trinajstić information content (AvgIpc) is 2.86. The van der Waals surface area contributed by atoms with Crippen LogP contribution >= 0.6 is 0 Å². The Morgan fingerprint density at radius 1 is 0.842 bits per heavy atom. The summed E-state index contributed by atoms with van der Waals surface area (Å²) in [6.45, 7) is 13.8. The molecule has 0 amide bonds. The van der Waals surface area contributed by atoms with Crippen LogP contribution in [0.2, 0.25) is 0 Å². The predicted octanol–water partition coefficient (Wildman–Crippen LogP) is 11.5. The van der Waals surface area contributed by atoms with Gasteiger partial charge in [0.15, 0.2) is 0 Å². The Morgan fingerprint density at radius 2 is 1.42 bits per heavy atom. The van der Waals surface area contributed by atoms with E-state index < -0.39 is 0 Å². The topological polar surface area (TPSA) is 26.3 Å². The molecule has 0 saturated carbocycles. The van der Waals surface area contributed by atoms with E-state index in [9.17, 15) is 4.79 Å². The van der Waals surface area contributed by atoms with E-state index in [0.29, 0.717) is 13.0 Å². The molecule has 2 nitrogen and oxygen atoms in total. The van der Waals surface area contributed by atoms with Gasteiger partial charge in [0.1, 0.15) is 6.61 Å². The molecule has 0 bridgehead atoms. The third-order valence-corrected chi connectivity index (χ3v) is 7.91. The summed E-state index contributed by atoms with van der Waals surface area (Å²) in [7, 11) is 0. The number of allylic oxidation sites excluding steroid dienone is 9. The van der Waals surface area contributed by atoms with E-state index in [1.807, 2.05) is 6.08 Å². The highest BCUT2D eigenvalue weighted by Crippen LogP contribution is 2.40. The first-order chi connectivity index (χ1) is 18.3. The smallest absolute Gasteiger partial charge is 0.306 e. The fraction of sp³-hybridized carbons (Fsp3) is 0.694. The van der Waals surface area contributed by atoms with Crippen LogP contribution < -0.4 is 0 Å². The van der Waals surface area contributed by atoms with Gasteiger partial charge in [-0.1, -0.05) is 145 Å². The third-order valence-electron chi connectivity index (χ3n) is 7.91. The van der Waals surface area contributed by atoms with Gasteiger partial charge in [-0.05, 0) is 63.5 Å². The second-order valence-corrected chi connectivity index (χ2v) is 12.2. The lowest BCUT2D eigenvalue weighted by Crippen LogP contribution is -2.19. The van der Waals surface area contributed by atoms with Crippen LogP contribution in [0.4, 0.5) is 0 Å². The van der Waals surface area contributed by atoms with Crippen LogP contribution in [0.5, 0.6) is 0 Å². The molecule has 2 heteroatoms. The highest BCUT2D eigenvalue weighted by Gasteiger charge is 2.26. The van der Waals surface area contributed by atoms with Crippen molar-refractivity contribution in [2.75, 3.05) is 6.61 Å². The van der Waals surface area contributed by atoms with E-state index in [2.05, 4.69) is 71.9 Å². The molecule has 0 N–H and O–H groups in total. The second kappa shape index (κ2) is 21.0. The van der Waals surface area contributed by atoms with E-state index in [1.54, 1.807) is 0 Å². The molecule has 0 aromatic rings. The summed E-state index contributed by atoms with van der Waals surface area (Å²) in [6, 6.07) is 0. The number of hydrogen-bond acceptors (Lipinski definition) is 2. The molecule has 0 saturated heterocycles. The highest BCUT2D eigenvalue weighted by atomic mass is 16.5. The molecule has 216 valence electrons. The number of rotatable bonds is 20. The summed E-state index contributed by atoms with van der Waals surface area (Å²) in [5, 5.41) is 0. The lowest BCUT2D eigenvalue weighted by molar-refractivity contribution is -0.142. The molecule has 0 fully saturated rings. The van der Waals surface area contributed by atoms with E-state index in [0.717, 1.165) is 18.4 Å². The van der Waals surface area contributed by atoms with Gasteiger partial charge in [-0.3, -0.25) is 4.79 Å². The Bertz CT molecular complexity index is 803. The zero-order chi connectivity index (χ0) is 28.1. The third kappa shape index (κ3) is 16.9. The number of hydrogen-bond donors (Lipinski definition) is 0. The maximum atomic E-state index is 12.0. The number of carbonyl (C=O) groups excluding carboxylic acids is 1. The normalized spacial score (nSPS) is 16.7. The van der Waals surface area contributed by atoms with Gasteiger partial charge >= 0.3 is 5.97 Å². The summed E-state index contributed by atoms with van der Waals surface area (Å²) in [6.07, 6.45) is 34.3. The van der Waals surface area contributed by atoms with Crippen LogP contribution in [0.15, 0.2) is 58.7 Å². The molecule has 0 aliphatic heterocycles. The van der Waals surface area contributed by atoms with Crippen molar-refractivity contribution in [3.63, 3.8) is 0 Å². The van der Waals surface area contributed by atoms with Crippen molar-refractivity contribution in [1.29, 1.82) is 0 Å². The average molecular weight is 525 g/mol. The van der Waals surface area contributed by atoms with E-state index >= 15 is 0 Å². The minimum absolute atomic E-state index is 0.0720. The molecule has 0 aromatic heterocycles. The van der Waals surface area contributed by atoms with Gasteiger partial charge in [0.25, 0.3) is 0 Å². The van der Waals surface area contributed by atoms with Crippen LogP contribution in [0, 0.1) is 5.41 Å². The van der Waals surface area contributed by atoms with Crippen molar-refractivity contribution in [3.05, 3.63) is 58.7 Å². The first-order valence-corrected chi connectivity index (χ1v) is 15.8. The van der Waals surface area contributed by atoms with E-state index in [1.165, 1.54) is 107 Å². The number of carbonyl (C=O) groups is 1. The molecular weight excluding hydrogens is 464 g/mol. The van der Waals surface area contributed by atoms with Gasteiger partial charge in [-0.2, -0.15) is 0 Å². The molecule has 1 aliphatic carbocycles. The van der Waals surface area contributed by atoms with Gasteiger partial charge in [0, 0.05) is 6.42 Å². The van der Waals surface area contributed by atoms with E-state index in [4.69, 9.17) is 4.74 Å². The summed E-state index contributed by atoms with van der Waals surface area (Å²) < 4.78 is 5.40. The van der Waals surface area contributed by atoms with Crippen molar-refractivity contribution >= 4 is 5.97 Å². The Labute approximate surface area is 236 Å². The van der Waals surface area contributed by atoms with Gasteiger partial charge in [-0.25, -0.2) is 0 Å². The molecule has 1 aliphatic rings. The summed E-state index contributed by atoms with van der Waals surface area (Å²) >= 11 is 0. The molecule has 0 aromatic carbocycles. The molecular formula is C36H60O2. The first kappa shape index (κ1) is 34.2. The number of unbranched alkanes of at least 4 members (excludes halogenated alkanes) is 12. The van der Waals surface area contributed by atoms with Crippen molar-refractivity contribution in [1.82, 2.24) is 0 Å². The molecule has 0 spiro atoms. The Morgan fingerprint density at radius 3 is 2.00 bits per heavy atom. The Hall–Kier alpha value is -1.83. The predicted molar refractivity (Wildman–Crippen MR) is 167 cm³/mol. The zero-order valence-corrected chi connectivity index (χ0v) is 26.0. The largest absolute Gasteiger partial charge is 0.461 e. The van der Waals surface area contributed by atoms with E-state index in [-0.39, 0.29) is 11.4 Å². The minimum atomic E-state index is -0.0720. The first-order valence-electron chi connectivity index (χ1n) is 15.8. The standard InChI is InChI=1S/C36H60O2/c1-7-8-9-10-11-12-13-14-15-16-17-18-19-25-35(37)38-30-28-32(3)23-20-22-31(2)26-27-34-33(4)24-21-29-36(34,5)6/h20,22-23,26-28H,7-19,21,24-25,29-30H2,1-6H3/b23-20+,27-26+,31-22-,32-28+. The lowest BCUT2D eigenvalue weighted by atomic mass is 9.72. The Kier molecular flexibility index (Phi) is 18.9. The molecule has 38 heavy (non-hydrogen) atoms. The van der Waals surface area contributed by atoms with Gasteiger partial charge in [-0.15, -0.1) is 0 Å². The minimum Gasteiger partial charge on any atom is -0.461 e. The maximum absolute atomic E-state index is 12.0. The number of esters is 1. The van der Waals surface area contributed by atoms with Crippen LogP contribution in [0.3, 0.4) is 0 Å². The summed E-state index contributed by atoms with van der Waals surface area (Å²) in [5.41, 5.74) is 5.65. The van der Waals surface area contributed by atoms with Gasteiger partial charge < -0.3 is 4.74 Å². The SMILES string of the molecule is CCCCCCCCCCCCCCCC(=O)OC/C=C(C)/C=C/C=C(C)\C=C\C1=C(C)CCCC1(C)C. The zero-order valence-electron chi connectivity index (χ0n) is 26.0. The van der Waals surface area contributed by atoms with Gasteiger partial charge in [0.05, 0.1) is 0 Å². The quantitative estimate of drug-likeness (QED) is 0.0899. The van der Waals surface area contributed by atoms with Crippen molar-refractivity contribution in [3.8, 4) is 0 Å². The fourth-order valence-electron chi connectivity index (χ4n) is 5.33. The maximum Gasteiger partial charge on any atom is 0.306 e. The molecule has 0 atom stereocenters. The van der Waals surface area contributed by atoms with Crippen LogP contribution in [0.25, 0.3) is 0 Å².